The summed E-state index contributed by atoms with van der Waals surface area (Å²) in [4.78, 5) is 25.2. The van der Waals surface area contributed by atoms with Gasteiger partial charge in [-0.1, -0.05) is 12.1 Å². The number of carbonyl (C=O) groups is 1. The van der Waals surface area contributed by atoms with Crippen molar-refractivity contribution in [2.75, 3.05) is 0 Å². The van der Waals surface area contributed by atoms with E-state index >= 15 is 0 Å². The maximum absolute atomic E-state index is 13.7. The van der Waals surface area contributed by atoms with Crippen LogP contribution in [0.4, 0.5) is 17.6 Å². The van der Waals surface area contributed by atoms with Crippen molar-refractivity contribution in [2.45, 2.75) is 31.6 Å². The predicted octanol–water partition coefficient (Wildman–Crippen LogP) is 4.42. The van der Waals surface area contributed by atoms with Gasteiger partial charge in [0.2, 0.25) is 0 Å². The van der Waals surface area contributed by atoms with Gasteiger partial charge in [0.25, 0.3) is 11.5 Å². The third kappa shape index (κ3) is 3.74. The fourth-order valence-electron chi connectivity index (χ4n) is 3.31. The normalized spacial score (nSPS) is 14.2. The van der Waals surface area contributed by atoms with Crippen LogP contribution in [0.3, 0.4) is 0 Å². The fourth-order valence-corrected chi connectivity index (χ4v) is 3.31. The average Bonchev–Trinajstić information content (AvgIpc) is 3.50. The number of benzene rings is 2. The molecule has 0 aliphatic heterocycles. The van der Waals surface area contributed by atoms with Crippen molar-refractivity contribution in [3.05, 3.63) is 81.5 Å². The molecule has 4 nitrogen and oxygen atoms in total. The average molecular weight is 404 g/mol. The number of hydrogen-bond acceptors (Lipinski definition) is 2. The number of carbonyl (C=O) groups excluding carboxylic acids is 1. The van der Waals surface area contributed by atoms with Crippen molar-refractivity contribution >= 4 is 16.7 Å². The first kappa shape index (κ1) is 19.2. The highest BCUT2D eigenvalue weighted by Crippen LogP contribution is 2.34. The molecular formula is C21H16F4N2O2. The number of halogens is 4. The molecule has 29 heavy (non-hydrogen) atoms. The van der Waals surface area contributed by atoms with Crippen LogP contribution in [0.25, 0.3) is 10.8 Å². The molecule has 1 saturated carbocycles. The summed E-state index contributed by atoms with van der Waals surface area (Å²) in [5.41, 5.74) is -1.05. The summed E-state index contributed by atoms with van der Waals surface area (Å²) in [6.45, 7) is -0.149. The van der Waals surface area contributed by atoms with Gasteiger partial charge in [-0.05, 0) is 48.7 Å². The Labute approximate surface area is 162 Å². The van der Waals surface area contributed by atoms with E-state index in [9.17, 15) is 27.2 Å². The van der Waals surface area contributed by atoms with Crippen LogP contribution in [0.15, 0.2) is 53.5 Å². The molecule has 0 spiro atoms. The smallest absolute Gasteiger partial charge is 0.348 e. The first-order valence-corrected chi connectivity index (χ1v) is 9.03. The number of amides is 1. The van der Waals surface area contributed by atoms with Crippen LogP contribution in [0, 0.1) is 5.82 Å². The molecule has 1 aliphatic rings. The zero-order valence-electron chi connectivity index (χ0n) is 15.1. The van der Waals surface area contributed by atoms with E-state index in [-0.39, 0.29) is 29.3 Å². The molecule has 1 aromatic heterocycles. The quantitative estimate of drug-likeness (QED) is 0.655. The first-order valence-electron chi connectivity index (χ1n) is 9.03. The minimum Gasteiger partial charge on any atom is -0.348 e. The lowest BCUT2D eigenvalue weighted by Crippen LogP contribution is -2.24. The van der Waals surface area contributed by atoms with Gasteiger partial charge in [-0.2, -0.15) is 13.2 Å². The highest BCUT2D eigenvalue weighted by Gasteiger charge is 2.33. The standard InChI is InChI=1S/C21H16F4N2O2/c22-18-10-12(4-7-17(18)21(23,24)25)11-26-19(28)15-2-1-3-16-14(15)8-9-27(20(16)29)13-5-6-13/h1-4,7-10,13H,5-6,11H2,(H,26,28). The van der Waals surface area contributed by atoms with E-state index in [0.717, 1.165) is 25.0 Å². The predicted molar refractivity (Wildman–Crippen MR) is 99.1 cm³/mol. The minimum atomic E-state index is -4.78. The monoisotopic (exact) mass is 404 g/mol. The van der Waals surface area contributed by atoms with Gasteiger partial charge in [-0.25, -0.2) is 4.39 Å². The maximum atomic E-state index is 13.7. The summed E-state index contributed by atoms with van der Waals surface area (Å²) in [5, 5.41) is 3.48. The molecule has 2 aromatic carbocycles. The van der Waals surface area contributed by atoms with Crippen molar-refractivity contribution in [3.8, 4) is 0 Å². The lowest BCUT2D eigenvalue weighted by atomic mass is 10.1. The molecule has 0 bridgehead atoms. The zero-order chi connectivity index (χ0) is 20.8. The van der Waals surface area contributed by atoms with Gasteiger partial charge in [0.1, 0.15) is 5.82 Å². The Balaban J connectivity index is 1.56. The summed E-state index contributed by atoms with van der Waals surface area (Å²) in [7, 11) is 0. The molecule has 8 heteroatoms. The zero-order valence-corrected chi connectivity index (χ0v) is 15.1. The molecule has 0 atom stereocenters. The Morgan fingerprint density at radius 2 is 1.86 bits per heavy atom. The SMILES string of the molecule is O=C(NCc1ccc(C(F)(F)F)c(F)c1)c1cccc2c(=O)n(C3CC3)ccc12. The van der Waals surface area contributed by atoms with Crippen LogP contribution in [0.1, 0.15) is 40.4 Å². The van der Waals surface area contributed by atoms with E-state index in [4.69, 9.17) is 0 Å². The lowest BCUT2D eigenvalue weighted by Gasteiger charge is -2.12. The summed E-state index contributed by atoms with van der Waals surface area (Å²) in [6.07, 6.45) is -1.20. The van der Waals surface area contributed by atoms with Crippen LogP contribution in [0.2, 0.25) is 0 Å². The summed E-state index contributed by atoms with van der Waals surface area (Å²) >= 11 is 0. The fraction of sp³-hybridized carbons (Fsp3) is 0.238. The van der Waals surface area contributed by atoms with Gasteiger partial charge in [0.05, 0.1) is 5.56 Å². The van der Waals surface area contributed by atoms with Gasteiger partial charge < -0.3 is 9.88 Å². The summed E-state index contributed by atoms with van der Waals surface area (Å²) < 4.78 is 53.3. The molecule has 1 amide bonds. The van der Waals surface area contributed by atoms with E-state index in [2.05, 4.69) is 5.32 Å². The largest absolute Gasteiger partial charge is 0.419 e. The topological polar surface area (TPSA) is 51.1 Å². The Morgan fingerprint density at radius 3 is 2.52 bits per heavy atom. The van der Waals surface area contributed by atoms with E-state index in [0.29, 0.717) is 16.8 Å². The van der Waals surface area contributed by atoms with Crippen molar-refractivity contribution < 1.29 is 22.4 Å². The van der Waals surface area contributed by atoms with Crippen LogP contribution < -0.4 is 10.9 Å². The lowest BCUT2D eigenvalue weighted by molar-refractivity contribution is -0.140. The van der Waals surface area contributed by atoms with Crippen molar-refractivity contribution in [3.63, 3.8) is 0 Å². The Hall–Kier alpha value is -3.16. The molecular weight excluding hydrogens is 388 g/mol. The van der Waals surface area contributed by atoms with Crippen LogP contribution in [-0.2, 0) is 12.7 Å². The van der Waals surface area contributed by atoms with Crippen LogP contribution in [-0.4, -0.2) is 10.5 Å². The molecule has 0 radical (unpaired) electrons. The van der Waals surface area contributed by atoms with Gasteiger partial charge in [0.15, 0.2) is 0 Å². The highest BCUT2D eigenvalue weighted by molar-refractivity contribution is 6.06. The molecule has 0 saturated heterocycles. The van der Waals surface area contributed by atoms with Gasteiger partial charge in [-0.15, -0.1) is 0 Å². The first-order chi connectivity index (χ1) is 13.8. The Kier molecular flexibility index (Phi) is 4.64. The molecule has 1 fully saturated rings. The van der Waals surface area contributed by atoms with Crippen LogP contribution in [0.5, 0.6) is 0 Å². The molecule has 1 heterocycles. The maximum Gasteiger partial charge on any atom is 0.419 e. The van der Waals surface area contributed by atoms with Crippen molar-refractivity contribution in [2.24, 2.45) is 0 Å². The number of hydrogen-bond donors (Lipinski definition) is 1. The van der Waals surface area contributed by atoms with Gasteiger partial charge >= 0.3 is 6.18 Å². The highest BCUT2D eigenvalue weighted by atomic mass is 19.4. The Morgan fingerprint density at radius 1 is 1.10 bits per heavy atom. The summed E-state index contributed by atoms with van der Waals surface area (Å²) in [5.74, 6) is -1.89. The number of aromatic nitrogens is 1. The molecule has 1 aliphatic carbocycles. The van der Waals surface area contributed by atoms with E-state index in [1.807, 2.05) is 0 Å². The number of fused-ring (bicyclic) bond motifs is 1. The number of nitrogens with one attached hydrogen (secondary N) is 1. The molecule has 150 valence electrons. The third-order valence-corrected chi connectivity index (χ3v) is 4.95. The number of pyridine rings is 1. The second-order valence-electron chi connectivity index (χ2n) is 7.02. The molecule has 3 aromatic rings. The molecule has 1 N–H and O–H groups in total. The van der Waals surface area contributed by atoms with E-state index in [1.165, 1.54) is 0 Å². The van der Waals surface area contributed by atoms with E-state index in [1.54, 1.807) is 35.0 Å². The van der Waals surface area contributed by atoms with Gasteiger partial charge in [-0.3, -0.25) is 9.59 Å². The number of rotatable bonds is 4. The third-order valence-electron chi connectivity index (χ3n) is 4.95. The minimum absolute atomic E-state index is 0.149. The van der Waals surface area contributed by atoms with Crippen molar-refractivity contribution in [1.29, 1.82) is 0 Å². The summed E-state index contributed by atoms with van der Waals surface area (Å²) in [6, 6.07) is 9.25. The van der Waals surface area contributed by atoms with E-state index < -0.39 is 23.5 Å². The number of nitrogens with zero attached hydrogens (tertiary/aromatic N) is 1. The van der Waals surface area contributed by atoms with Crippen molar-refractivity contribution in [1.82, 2.24) is 9.88 Å². The van der Waals surface area contributed by atoms with Gasteiger partial charge in [0, 0.05) is 35.1 Å². The van der Waals surface area contributed by atoms with Crippen LogP contribution >= 0.6 is 0 Å². The molecule has 4 rings (SSSR count). The Bertz CT molecular complexity index is 1160. The number of alkyl halides is 3. The second-order valence-corrected chi connectivity index (χ2v) is 7.02. The second kappa shape index (κ2) is 7.02. The molecule has 0 unspecified atom stereocenters.